The summed E-state index contributed by atoms with van der Waals surface area (Å²) in [6.45, 7) is 0. The number of benzene rings is 8. The van der Waals surface area contributed by atoms with E-state index >= 15 is 0 Å². The monoisotopic (exact) mass is 721 g/mol. The molecule has 0 bridgehead atoms. The quantitative estimate of drug-likeness (QED) is 0.181. The predicted molar refractivity (Wildman–Crippen MR) is 227 cm³/mol. The lowest BCUT2D eigenvalue weighted by Crippen LogP contribution is -2.00. The summed E-state index contributed by atoms with van der Waals surface area (Å²) in [5, 5.41) is 8.87. The Balaban J connectivity index is 1.14. The maximum atomic E-state index is 6.80. The number of fused-ring (bicyclic) bond motifs is 11. The summed E-state index contributed by atoms with van der Waals surface area (Å²) in [6, 6.07) is 56.8. The summed E-state index contributed by atoms with van der Waals surface area (Å²) in [4.78, 5) is 15.6. The van der Waals surface area contributed by atoms with E-state index in [0.717, 1.165) is 81.6 Å². The van der Waals surface area contributed by atoms with Crippen molar-refractivity contribution >= 4 is 86.2 Å². The minimum Gasteiger partial charge on any atom is -0.456 e. The lowest BCUT2D eigenvalue weighted by Gasteiger charge is -2.10. The second kappa shape index (κ2) is 11.7. The van der Waals surface area contributed by atoms with Gasteiger partial charge in [0.05, 0.1) is 4.70 Å². The van der Waals surface area contributed by atoms with Gasteiger partial charge in [-0.3, -0.25) is 0 Å². The molecule has 6 heteroatoms. The third-order valence-electron chi connectivity index (χ3n) is 10.7. The first-order chi connectivity index (χ1) is 27.2. The smallest absolute Gasteiger partial charge is 0.165 e. The predicted octanol–water partition coefficient (Wildman–Crippen LogP) is 13.9. The summed E-state index contributed by atoms with van der Waals surface area (Å²) < 4.78 is 15.3. The number of furan rings is 2. The summed E-state index contributed by atoms with van der Waals surface area (Å²) in [6.07, 6.45) is 0. The highest BCUT2D eigenvalue weighted by Gasteiger charge is 2.23. The maximum absolute atomic E-state index is 6.80. The topological polar surface area (TPSA) is 65.0 Å². The van der Waals surface area contributed by atoms with E-state index in [0.29, 0.717) is 17.5 Å². The number of hydrogen-bond donors (Lipinski definition) is 0. The maximum Gasteiger partial charge on any atom is 0.165 e. The normalized spacial score (nSPS) is 12.0. The molecule has 5 nitrogen and oxygen atoms in total. The van der Waals surface area contributed by atoms with Crippen LogP contribution in [0.5, 0.6) is 0 Å². The molecule has 0 amide bonds. The number of hydrogen-bond acceptors (Lipinski definition) is 6. The first-order valence-corrected chi connectivity index (χ1v) is 19.1. The Morgan fingerprint density at radius 2 is 1.07 bits per heavy atom. The molecule has 0 aliphatic heterocycles. The molecule has 0 atom stereocenters. The third kappa shape index (κ3) is 4.68. The van der Waals surface area contributed by atoms with E-state index in [2.05, 4.69) is 109 Å². The molecule has 0 aliphatic carbocycles. The Morgan fingerprint density at radius 3 is 1.98 bits per heavy atom. The Labute approximate surface area is 317 Å². The van der Waals surface area contributed by atoms with Gasteiger partial charge in [-0.05, 0) is 64.4 Å². The highest BCUT2D eigenvalue weighted by molar-refractivity contribution is 7.26. The molecule has 0 saturated heterocycles. The van der Waals surface area contributed by atoms with Gasteiger partial charge in [0.25, 0.3) is 0 Å². The van der Waals surface area contributed by atoms with Crippen molar-refractivity contribution in [3.05, 3.63) is 164 Å². The van der Waals surface area contributed by atoms with Crippen LogP contribution in [0.4, 0.5) is 0 Å². The molecule has 0 unspecified atom stereocenters. The van der Waals surface area contributed by atoms with Gasteiger partial charge in [-0.1, -0.05) is 121 Å². The van der Waals surface area contributed by atoms with Gasteiger partial charge >= 0.3 is 0 Å². The minimum absolute atomic E-state index is 0.580. The van der Waals surface area contributed by atoms with E-state index in [9.17, 15) is 0 Å². The molecule has 12 rings (SSSR count). The molecular weight excluding hydrogens is 695 g/mol. The fraction of sp³-hybridized carbons (Fsp3) is 0. The summed E-state index contributed by atoms with van der Waals surface area (Å²) >= 11 is 1.74. The lowest BCUT2D eigenvalue weighted by molar-refractivity contribution is 0.669. The van der Waals surface area contributed by atoms with E-state index in [1.54, 1.807) is 11.3 Å². The first kappa shape index (κ1) is 30.3. The van der Waals surface area contributed by atoms with Crippen LogP contribution in [0.15, 0.2) is 173 Å². The van der Waals surface area contributed by atoms with E-state index < -0.39 is 0 Å². The minimum atomic E-state index is 0.580. The van der Waals surface area contributed by atoms with E-state index in [1.807, 2.05) is 54.6 Å². The van der Waals surface area contributed by atoms with Crippen LogP contribution < -0.4 is 0 Å². The molecule has 8 aromatic carbocycles. The van der Waals surface area contributed by atoms with Crippen LogP contribution in [0.2, 0.25) is 0 Å². The standard InChI is InChI=1S/C49H27N3O2S/c1-2-12-29(13-3-1)47-50-48(31-21-23-35-34-16-6-8-19-40(34)53-42(35)26-31)52-49(51-47)39-27-38-37-25-30(33-18-10-14-28-11-4-5-15-32(28)33)22-24-41(37)54-45(38)44-36-17-7-9-20-43(36)55-46(39)44/h1-27H. The first-order valence-electron chi connectivity index (χ1n) is 18.3. The van der Waals surface area contributed by atoms with Gasteiger partial charge in [-0.25, -0.2) is 15.0 Å². The fourth-order valence-electron chi connectivity index (χ4n) is 8.13. The van der Waals surface area contributed by atoms with Crippen LogP contribution in [0, 0.1) is 0 Å². The number of thiophene rings is 1. The Morgan fingerprint density at radius 1 is 0.382 bits per heavy atom. The van der Waals surface area contributed by atoms with Crippen molar-refractivity contribution in [2.24, 2.45) is 0 Å². The van der Waals surface area contributed by atoms with Crippen molar-refractivity contribution < 1.29 is 8.83 Å². The second-order valence-corrected chi connectivity index (χ2v) is 15.0. The molecule has 12 aromatic rings. The van der Waals surface area contributed by atoms with Crippen LogP contribution >= 0.6 is 11.3 Å². The molecule has 0 spiro atoms. The van der Waals surface area contributed by atoms with Crippen molar-refractivity contribution in [1.29, 1.82) is 0 Å². The van der Waals surface area contributed by atoms with Crippen molar-refractivity contribution in [2.45, 2.75) is 0 Å². The number of nitrogens with zero attached hydrogens (tertiary/aromatic N) is 3. The molecule has 0 N–H and O–H groups in total. The zero-order valence-electron chi connectivity index (χ0n) is 29.2. The SMILES string of the molecule is c1ccc(-c2nc(-c3ccc4c(c3)oc3ccccc34)nc(-c3cc4c5cc(-c6cccc7ccccc67)ccc5oc4c4c3sc3ccccc34)n2)cc1. The molecule has 0 saturated carbocycles. The van der Waals surface area contributed by atoms with Crippen LogP contribution in [0.25, 0.3) is 120 Å². The molecule has 0 radical (unpaired) electrons. The third-order valence-corrected chi connectivity index (χ3v) is 11.9. The molecular formula is C49H27N3O2S. The van der Waals surface area contributed by atoms with Crippen LogP contribution in [-0.4, -0.2) is 15.0 Å². The lowest BCUT2D eigenvalue weighted by atomic mass is 9.96. The van der Waals surface area contributed by atoms with Gasteiger partial charge < -0.3 is 8.83 Å². The van der Waals surface area contributed by atoms with Crippen molar-refractivity contribution in [3.63, 3.8) is 0 Å². The van der Waals surface area contributed by atoms with Crippen LogP contribution in [0.1, 0.15) is 0 Å². The van der Waals surface area contributed by atoms with Gasteiger partial charge in [0.1, 0.15) is 22.3 Å². The largest absolute Gasteiger partial charge is 0.456 e. The highest BCUT2D eigenvalue weighted by atomic mass is 32.1. The zero-order valence-corrected chi connectivity index (χ0v) is 30.0. The van der Waals surface area contributed by atoms with Crippen LogP contribution in [-0.2, 0) is 0 Å². The van der Waals surface area contributed by atoms with Gasteiger partial charge in [-0.15, -0.1) is 11.3 Å². The molecule has 256 valence electrons. The van der Waals surface area contributed by atoms with Crippen molar-refractivity contribution in [2.75, 3.05) is 0 Å². The van der Waals surface area contributed by atoms with E-state index in [1.165, 1.54) is 21.0 Å². The fourth-order valence-corrected chi connectivity index (χ4v) is 9.35. The van der Waals surface area contributed by atoms with Gasteiger partial charge in [0.2, 0.25) is 0 Å². The number of rotatable bonds is 4. The van der Waals surface area contributed by atoms with Crippen molar-refractivity contribution in [3.8, 4) is 45.3 Å². The van der Waals surface area contributed by atoms with Crippen molar-refractivity contribution in [1.82, 2.24) is 15.0 Å². The highest BCUT2D eigenvalue weighted by Crippen LogP contribution is 2.47. The average molecular weight is 722 g/mol. The molecule has 4 aromatic heterocycles. The molecule has 0 aliphatic rings. The number of aromatic nitrogens is 3. The summed E-state index contributed by atoms with van der Waals surface area (Å²) in [5.74, 6) is 1.79. The summed E-state index contributed by atoms with van der Waals surface area (Å²) in [5.41, 5.74) is 8.39. The van der Waals surface area contributed by atoms with Gasteiger partial charge in [0, 0.05) is 53.7 Å². The molecule has 0 fully saturated rings. The molecule has 55 heavy (non-hydrogen) atoms. The van der Waals surface area contributed by atoms with Crippen LogP contribution in [0.3, 0.4) is 0 Å². The Hall–Kier alpha value is -7.15. The van der Waals surface area contributed by atoms with E-state index in [4.69, 9.17) is 23.8 Å². The Bertz CT molecular complexity index is 3500. The molecule has 4 heterocycles. The Kier molecular flexibility index (Phi) is 6.44. The van der Waals surface area contributed by atoms with E-state index in [-0.39, 0.29) is 0 Å². The number of para-hydroxylation sites is 1. The zero-order chi connectivity index (χ0) is 36.0. The van der Waals surface area contributed by atoms with Gasteiger partial charge in [0.15, 0.2) is 17.5 Å². The average Bonchev–Trinajstić information content (AvgIpc) is 3.94. The van der Waals surface area contributed by atoms with Gasteiger partial charge in [-0.2, -0.15) is 0 Å². The summed E-state index contributed by atoms with van der Waals surface area (Å²) in [7, 11) is 0. The second-order valence-electron chi connectivity index (χ2n) is 13.9.